The van der Waals surface area contributed by atoms with Gasteiger partial charge in [0.05, 0.1) is 17.1 Å². The van der Waals surface area contributed by atoms with Crippen molar-refractivity contribution in [2.45, 2.75) is 13.3 Å². The van der Waals surface area contributed by atoms with Crippen LogP contribution >= 0.6 is 0 Å². The highest BCUT2D eigenvalue weighted by Crippen LogP contribution is 2.34. The summed E-state index contributed by atoms with van der Waals surface area (Å²) in [6.07, 6.45) is 0.988. The van der Waals surface area contributed by atoms with Gasteiger partial charge in [-0.05, 0) is 24.1 Å². The van der Waals surface area contributed by atoms with Crippen LogP contribution in [0.15, 0.2) is 54.6 Å². The molecule has 2 aromatic carbocycles. The Hall–Kier alpha value is -2.35. The molecule has 4 rings (SSSR count). The molecule has 1 aliphatic rings. The molecule has 0 atom stereocenters. The zero-order chi connectivity index (χ0) is 12.8. The van der Waals surface area contributed by atoms with Crippen molar-refractivity contribution in [2.24, 2.45) is 0 Å². The normalized spacial score (nSPS) is 12.3. The number of nitrogens with zero attached hydrogens (tertiary/aromatic N) is 2. The maximum absolute atomic E-state index is 4.82. The predicted molar refractivity (Wildman–Crippen MR) is 76.5 cm³/mol. The van der Waals surface area contributed by atoms with Crippen molar-refractivity contribution in [1.29, 1.82) is 0 Å². The van der Waals surface area contributed by atoms with Crippen molar-refractivity contribution in [2.75, 3.05) is 0 Å². The third kappa shape index (κ3) is 1.46. The highest BCUT2D eigenvalue weighted by atomic mass is 15.3. The van der Waals surface area contributed by atoms with Crippen molar-refractivity contribution in [3.05, 3.63) is 71.4 Å². The van der Waals surface area contributed by atoms with Gasteiger partial charge in [0, 0.05) is 12.0 Å². The third-order valence-corrected chi connectivity index (χ3v) is 3.87. The Morgan fingerprint density at radius 2 is 1.68 bits per heavy atom. The molecule has 1 aliphatic heterocycles. The van der Waals surface area contributed by atoms with Crippen LogP contribution in [0.5, 0.6) is 0 Å². The number of hydrogen-bond acceptors (Lipinski definition) is 1. The maximum Gasteiger partial charge on any atom is 0.0959 e. The molecule has 0 aliphatic carbocycles. The molecule has 0 saturated heterocycles. The fraction of sp³-hybridized carbons (Fsp3) is 0.118. The van der Waals surface area contributed by atoms with Gasteiger partial charge in [-0.3, -0.25) is 0 Å². The standard InChI is InChI=1S/C17H14N2/c1-12-16-11-14-9-5-6-10-15(14)19(16)18-17(12)13-7-3-2-4-8-13/h2-10H,11H2,1H3. The van der Waals surface area contributed by atoms with E-state index in [1.54, 1.807) is 0 Å². The summed E-state index contributed by atoms with van der Waals surface area (Å²) >= 11 is 0. The summed E-state index contributed by atoms with van der Waals surface area (Å²) in [7, 11) is 0. The molecule has 0 fully saturated rings. The topological polar surface area (TPSA) is 17.8 Å². The van der Waals surface area contributed by atoms with Crippen LogP contribution in [0.3, 0.4) is 0 Å². The van der Waals surface area contributed by atoms with E-state index in [-0.39, 0.29) is 0 Å². The molecule has 19 heavy (non-hydrogen) atoms. The number of rotatable bonds is 1. The molecule has 92 valence electrons. The lowest BCUT2D eigenvalue weighted by Crippen LogP contribution is -1.94. The first-order valence-corrected chi connectivity index (χ1v) is 6.57. The highest BCUT2D eigenvalue weighted by Gasteiger charge is 2.24. The molecular formula is C17H14N2. The second-order valence-electron chi connectivity index (χ2n) is 5.00. The molecule has 0 amide bonds. The Bertz CT molecular complexity index is 753. The van der Waals surface area contributed by atoms with E-state index in [4.69, 9.17) is 5.10 Å². The van der Waals surface area contributed by atoms with Crippen LogP contribution in [-0.2, 0) is 6.42 Å². The lowest BCUT2D eigenvalue weighted by molar-refractivity contribution is 0.872. The van der Waals surface area contributed by atoms with Gasteiger partial charge in [0.2, 0.25) is 0 Å². The first-order chi connectivity index (χ1) is 9.34. The van der Waals surface area contributed by atoms with Crippen molar-refractivity contribution < 1.29 is 0 Å². The fourth-order valence-corrected chi connectivity index (χ4v) is 2.86. The summed E-state index contributed by atoms with van der Waals surface area (Å²) in [5.41, 5.74) is 7.50. The quantitative estimate of drug-likeness (QED) is 0.500. The van der Waals surface area contributed by atoms with Gasteiger partial charge in [0.1, 0.15) is 0 Å². The molecule has 0 spiro atoms. The first-order valence-electron chi connectivity index (χ1n) is 6.57. The molecule has 0 bridgehead atoms. The molecule has 2 heteroatoms. The van der Waals surface area contributed by atoms with Crippen molar-refractivity contribution in [3.8, 4) is 16.9 Å². The van der Waals surface area contributed by atoms with Crippen molar-refractivity contribution in [3.63, 3.8) is 0 Å². The van der Waals surface area contributed by atoms with E-state index in [1.807, 2.05) is 6.07 Å². The lowest BCUT2D eigenvalue weighted by Gasteiger charge is -2.01. The van der Waals surface area contributed by atoms with Gasteiger partial charge in [-0.1, -0.05) is 48.5 Å². The highest BCUT2D eigenvalue weighted by molar-refractivity contribution is 5.66. The van der Waals surface area contributed by atoms with Crippen molar-refractivity contribution >= 4 is 0 Å². The van der Waals surface area contributed by atoms with Crippen LogP contribution in [-0.4, -0.2) is 9.78 Å². The number of fused-ring (bicyclic) bond motifs is 3. The Kier molecular flexibility index (Phi) is 2.12. The van der Waals surface area contributed by atoms with Crippen LogP contribution in [0.2, 0.25) is 0 Å². The van der Waals surface area contributed by atoms with E-state index in [0.29, 0.717) is 0 Å². The number of benzene rings is 2. The average molecular weight is 246 g/mol. The molecule has 0 radical (unpaired) electrons. The number of aromatic nitrogens is 2. The van der Waals surface area contributed by atoms with E-state index >= 15 is 0 Å². The Morgan fingerprint density at radius 3 is 2.53 bits per heavy atom. The average Bonchev–Trinajstić information content (AvgIpc) is 2.98. The van der Waals surface area contributed by atoms with E-state index in [1.165, 1.54) is 28.1 Å². The van der Waals surface area contributed by atoms with Crippen LogP contribution < -0.4 is 0 Å². The van der Waals surface area contributed by atoms with Crippen LogP contribution in [0, 0.1) is 6.92 Å². The summed E-state index contributed by atoms with van der Waals surface area (Å²) in [5, 5.41) is 4.82. The zero-order valence-corrected chi connectivity index (χ0v) is 10.8. The smallest absolute Gasteiger partial charge is 0.0959 e. The molecule has 1 aromatic heterocycles. The fourth-order valence-electron chi connectivity index (χ4n) is 2.86. The molecule has 2 heterocycles. The van der Waals surface area contributed by atoms with Gasteiger partial charge >= 0.3 is 0 Å². The van der Waals surface area contributed by atoms with Crippen LogP contribution in [0.25, 0.3) is 16.9 Å². The molecular weight excluding hydrogens is 232 g/mol. The van der Waals surface area contributed by atoms with E-state index in [9.17, 15) is 0 Å². The predicted octanol–water partition coefficient (Wildman–Crippen LogP) is 3.75. The van der Waals surface area contributed by atoms with Gasteiger partial charge in [-0.2, -0.15) is 5.10 Å². The summed E-state index contributed by atoms with van der Waals surface area (Å²) in [5.74, 6) is 0. The zero-order valence-electron chi connectivity index (χ0n) is 10.8. The van der Waals surface area contributed by atoms with Gasteiger partial charge in [-0.25, -0.2) is 4.68 Å². The minimum absolute atomic E-state index is 0.988. The Morgan fingerprint density at radius 1 is 0.947 bits per heavy atom. The first kappa shape index (κ1) is 10.6. The van der Waals surface area contributed by atoms with Gasteiger partial charge in [-0.15, -0.1) is 0 Å². The minimum atomic E-state index is 0.988. The Labute approximate surface area is 112 Å². The minimum Gasteiger partial charge on any atom is -0.236 e. The monoisotopic (exact) mass is 246 g/mol. The number of hydrogen-bond donors (Lipinski definition) is 0. The molecule has 0 unspecified atom stereocenters. The van der Waals surface area contributed by atoms with Crippen LogP contribution in [0.4, 0.5) is 0 Å². The second-order valence-corrected chi connectivity index (χ2v) is 5.00. The molecule has 3 aromatic rings. The van der Waals surface area contributed by atoms with E-state index in [0.717, 1.165) is 12.1 Å². The summed E-state index contributed by atoms with van der Waals surface area (Å²) in [6.45, 7) is 2.17. The molecule has 2 nitrogen and oxygen atoms in total. The lowest BCUT2D eigenvalue weighted by atomic mass is 10.0. The summed E-state index contributed by atoms with van der Waals surface area (Å²) in [4.78, 5) is 0. The maximum atomic E-state index is 4.82. The third-order valence-electron chi connectivity index (χ3n) is 3.87. The van der Waals surface area contributed by atoms with E-state index in [2.05, 4.69) is 60.1 Å². The Balaban J connectivity index is 1.93. The summed E-state index contributed by atoms with van der Waals surface area (Å²) < 4.78 is 2.10. The van der Waals surface area contributed by atoms with Gasteiger partial charge in [0.15, 0.2) is 0 Å². The van der Waals surface area contributed by atoms with E-state index < -0.39 is 0 Å². The SMILES string of the molecule is Cc1c(-c2ccccc2)nn2c1Cc1ccccc1-2. The largest absolute Gasteiger partial charge is 0.236 e. The molecule has 0 N–H and O–H groups in total. The second kappa shape index (κ2) is 3.82. The summed E-state index contributed by atoms with van der Waals surface area (Å²) in [6, 6.07) is 18.9. The van der Waals surface area contributed by atoms with Crippen LogP contribution in [0.1, 0.15) is 16.8 Å². The number of para-hydroxylation sites is 1. The van der Waals surface area contributed by atoms with Gasteiger partial charge < -0.3 is 0 Å². The van der Waals surface area contributed by atoms with Crippen molar-refractivity contribution in [1.82, 2.24) is 9.78 Å². The molecule has 0 saturated carbocycles. The van der Waals surface area contributed by atoms with Gasteiger partial charge in [0.25, 0.3) is 0 Å².